The third-order valence-electron chi connectivity index (χ3n) is 1.65. The SMILES string of the molecule is C=COCC(C)(COC=C)COC=C. The van der Waals surface area contributed by atoms with Gasteiger partial charge in [0.05, 0.1) is 44.0 Å². The van der Waals surface area contributed by atoms with Gasteiger partial charge < -0.3 is 14.2 Å². The lowest BCUT2D eigenvalue weighted by atomic mass is 9.94. The molecule has 3 heteroatoms. The Kier molecular flexibility index (Phi) is 6.37. The molecule has 0 bridgehead atoms. The van der Waals surface area contributed by atoms with Gasteiger partial charge in [-0.15, -0.1) is 0 Å². The van der Waals surface area contributed by atoms with Gasteiger partial charge in [0, 0.05) is 0 Å². The lowest BCUT2D eigenvalue weighted by Crippen LogP contribution is -2.32. The number of hydrogen-bond donors (Lipinski definition) is 0. The van der Waals surface area contributed by atoms with Crippen molar-refractivity contribution in [3.8, 4) is 0 Å². The topological polar surface area (TPSA) is 27.7 Å². The first-order chi connectivity index (χ1) is 6.68. The van der Waals surface area contributed by atoms with E-state index in [4.69, 9.17) is 14.2 Å². The van der Waals surface area contributed by atoms with E-state index in [9.17, 15) is 0 Å². The summed E-state index contributed by atoms with van der Waals surface area (Å²) in [6, 6.07) is 0. The minimum Gasteiger partial charge on any atom is -0.501 e. The molecule has 0 aromatic carbocycles. The highest BCUT2D eigenvalue weighted by atomic mass is 16.5. The maximum Gasteiger partial charge on any atom is 0.0992 e. The van der Waals surface area contributed by atoms with Crippen LogP contribution in [-0.4, -0.2) is 19.8 Å². The van der Waals surface area contributed by atoms with Gasteiger partial charge in [-0.3, -0.25) is 0 Å². The molecule has 0 saturated carbocycles. The van der Waals surface area contributed by atoms with Crippen LogP contribution in [0.1, 0.15) is 6.92 Å². The van der Waals surface area contributed by atoms with Crippen molar-refractivity contribution in [1.29, 1.82) is 0 Å². The molecule has 0 aromatic heterocycles. The Morgan fingerprint density at radius 3 is 1.36 bits per heavy atom. The highest BCUT2D eigenvalue weighted by molar-refractivity contribution is 4.76. The lowest BCUT2D eigenvalue weighted by Gasteiger charge is -2.27. The van der Waals surface area contributed by atoms with Crippen LogP contribution in [0.15, 0.2) is 38.5 Å². The van der Waals surface area contributed by atoms with Gasteiger partial charge in [0.25, 0.3) is 0 Å². The largest absolute Gasteiger partial charge is 0.501 e. The quantitative estimate of drug-likeness (QED) is 0.533. The van der Waals surface area contributed by atoms with Gasteiger partial charge in [0.2, 0.25) is 0 Å². The van der Waals surface area contributed by atoms with Crippen LogP contribution in [0.25, 0.3) is 0 Å². The summed E-state index contributed by atoms with van der Waals surface area (Å²) in [5.74, 6) is 0. The van der Waals surface area contributed by atoms with E-state index in [0.717, 1.165) is 0 Å². The Bertz CT molecular complexity index is 156. The second-order valence-electron chi connectivity index (χ2n) is 3.24. The summed E-state index contributed by atoms with van der Waals surface area (Å²) in [6.45, 7) is 13.9. The van der Waals surface area contributed by atoms with E-state index in [1.807, 2.05) is 6.92 Å². The number of ether oxygens (including phenoxy) is 3. The van der Waals surface area contributed by atoms with E-state index in [1.54, 1.807) is 0 Å². The number of rotatable bonds is 9. The predicted octanol–water partition coefficient (Wildman–Crippen LogP) is 2.47. The van der Waals surface area contributed by atoms with E-state index in [2.05, 4.69) is 19.7 Å². The zero-order chi connectivity index (χ0) is 10.9. The highest BCUT2D eigenvalue weighted by Crippen LogP contribution is 2.18. The molecule has 0 amide bonds. The first-order valence-corrected chi connectivity index (χ1v) is 4.36. The molecule has 3 nitrogen and oxygen atoms in total. The third-order valence-corrected chi connectivity index (χ3v) is 1.65. The molecule has 0 heterocycles. The normalized spacial score (nSPS) is 10.1. The first kappa shape index (κ1) is 12.6. The predicted molar refractivity (Wildman–Crippen MR) is 56.6 cm³/mol. The molecular weight excluding hydrogens is 180 g/mol. The van der Waals surface area contributed by atoms with Crippen molar-refractivity contribution in [1.82, 2.24) is 0 Å². The molecule has 0 atom stereocenters. The standard InChI is InChI=1S/C11H18O3/c1-5-12-8-11(4,9-13-6-2)10-14-7-3/h5-7H,1-3,8-10H2,4H3. The van der Waals surface area contributed by atoms with Gasteiger partial charge in [0.1, 0.15) is 0 Å². The molecule has 0 rings (SSSR count). The summed E-state index contributed by atoms with van der Waals surface area (Å²) in [4.78, 5) is 0. The molecule has 0 saturated heterocycles. The van der Waals surface area contributed by atoms with Crippen LogP contribution in [0.2, 0.25) is 0 Å². The lowest BCUT2D eigenvalue weighted by molar-refractivity contribution is 0.00357. The molecular formula is C11H18O3. The Balaban J connectivity index is 4.07. The van der Waals surface area contributed by atoms with Crippen LogP contribution in [-0.2, 0) is 14.2 Å². The van der Waals surface area contributed by atoms with Crippen molar-refractivity contribution < 1.29 is 14.2 Å². The van der Waals surface area contributed by atoms with Gasteiger partial charge in [-0.05, 0) is 6.92 Å². The van der Waals surface area contributed by atoms with Crippen molar-refractivity contribution in [2.24, 2.45) is 5.41 Å². The van der Waals surface area contributed by atoms with Crippen LogP contribution in [0.5, 0.6) is 0 Å². The third kappa shape index (κ3) is 5.30. The van der Waals surface area contributed by atoms with Crippen molar-refractivity contribution in [3.63, 3.8) is 0 Å². The maximum absolute atomic E-state index is 5.13. The Labute approximate surface area is 85.7 Å². The van der Waals surface area contributed by atoms with Gasteiger partial charge in [0.15, 0.2) is 0 Å². The molecule has 14 heavy (non-hydrogen) atoms. The number of hydrogen-bond acceptors (Lipinski definition) is 3. The molecule has 0 radical (unpaired) electrons. The summed E-state index contributed by atoms with van der Waals surface area (Å²) in [5.41, 5.74) is -0.226. The zero-order valence-corrected chi connectivity index (χ0v) is 8.70. The summed E-state index contributed by atoms with van der Waals surface area (Å²) in [7, 11) is 0. The summed E-state index contributed by atoms with van der Waals surface area (Å²) in [5, 5.41) is 0. The van der Waals surface area contributed by atoms with Crippen molar-refractivity contribution in [2.75, 3.05) is 19.8 Å². The second kappa shape index (κ2) is 7.06. The summed E-state index contributed by atoms with van der Waals surface area (Å²) < 4.78 is 15.4. The van der Waals surface area contributed by atoms with Crippen LogP contribution >= 0.6 is 0 Å². The smallest absolute Gasteiger partial charge is 0.0992 e. The fourth-order valence-corrected chi connectivity index (χ4v) is 0.905. The Morgan fingerprint density at radius 2 is 1.14 bits per heavy atom. The van der Waals surface area contributed by atoms with E-state index in [-0.39, 0.29) is 5.41 Å². The Hall–Kier alpha value is -1.38. The molecule has 0 spiro atoms. The molecule has 0 N–H and O–H groups in total. The van der Waals surface area contributed by atoms with Crippen LogP contribution in [0, 0.1) is 5.41 Å². The average molecular weight is 198 g/mol. The van der Waals surface area contributed by atoms with Crippen LogP contribution in [0.3, 0.4) is 0 Å². The van der Waals surface area contributed by atoms with E-state index in [0.29, 0.717) is 19.8 Å². The van der Waals surface area contributed by atoms with Crippen molar-refractivity contribution in [3.05, 3.63) is 38.5 Å². The summed E-state index contributed by atoms with van der Waals surface area (Å²) in [6.07, 6.45) is 4.21. The van der Waals surface area contributed by atoms with Crippen LogP contribution in [0.4, 0.5) is 0 Å². The van der Waals surface area contributed by atoms with Gasteiger partial charge in [-0.1, -0.05) is 19.7 Å². The fraction of sp³-hybridized carbons (Fsp3) is 0.455. The van der Waals surface area contributed by atoms with Crippen molar-refractivity contribution in [2.45, 2.75) is 6.92 Å². The second-order valence-corrected chi connectivity index (χ2v) is 3.24. The van der Waals surface area contributed by atoms with Crippen molar-refractivity contribution >= 4 is 0 Å². The highest BCUT2D eigenvalue weighted by Gasteiger charge is 2.26. The minimum absolute atomic E-state index is 0.226. The van der Waals surface area contributed by atoms with Crippen LogP contribution < -0.4 is 0 Å². The molecule has 0 unspecified atom stereocenters. The van der Waals surface area contributed by atoms with Gasteiger partial charge in [-0.2, -0.15) is 0 Å². The van der Waals surface area contributed by atoms with E-state index < -0.39 is 0 Å². The monoisotopic (exact) mass is 198 g/mol. The van der Waals surface area contributed by atoms with Gasteiger partial charge >= 0.3 is 0 Å². The summed E-state index contributed by atoms with van der Waals surface area (Å²) >= 11 is 0. The molecule has 0 aliphatic rings. The molecule has 0 fully saturated rings. The molecule has 0 aromatic rings. The minimum atomic E-state index is -0.226. The molecule has 0 aliphatic carbocycles. The van der Waals surface area contributed by atoms with E-state index >= 15 is 0 Å². The average Bonchev–Trinajstić information content (AvgIpc) is 2.21. The fourth-order valence-electron chi connectivity index (χ4n) is 0.905. The molecule has 0 aliphatic heterocycles. The first-order valence-electron chi connectivity index (χ1n) is 4.36. The maximum atomic E-state index is 5.13. The molecule has 80 valence electrons. The van der Waals surface area contributed by atoms with E-state index in [1.165, 1.54) is 18.8 Å². The zero-order valence-electron chi connectivity index (χ0n) is 8.70. The Morgan fingerprint density at radius 1 is 0.857 bits per heavy atom. The van der Waals surface area contributed by atoms with Gasteiger partial charge in [-0.25, -0.2) is 0 Å².